The molecule has 0 amide bonds. The molecule has 150 valence electrons. The molecule has 1 saturated carbocycles. The Labute approximate surface area is 158 Å². The van der Waals surface area contributed by atoms with Crippen molar-refractivity contribution in [2.45, 2.75) is 70.1 Å². The van der Waals surface area contributed by atoms with E-state index in [1.807, 2.05) is 0 Å². The molecular formula is C20H28O7. The number of carbonyl (C=O) groups excluding carboxylic acids is 2. The third-order valence-electron chi connectivity index (χ3n) is 6.59. The molecule has 1 aliphatic heterocycles. The highest BCUT2D eigenvalue weighted by Gasteiger charge is 2.69. The van der Waals surface area contributed by atoms with E-state index in [-0.39, 0.29) is 6.42 Å². The Kier molecular flexibility index (Phi) is 4.57. The van der Waals surface area contributed by atoms with Crippen LogP contribution in [-0.2, 0) is 19.1 Å². The highest BCUT2D eigenvalue weighted by molar-refractivity contribution is 5.87. The van der Waals surface area contributed by atoms with Crippen LogP contribution in [0.2, 0.25) is 0 Å². The number of allylic oxidation sites excluding steroid dienone is 1. The Morgan fingerprint density at radius 3 is 2.52 bits per heavy atom. The first-order valence-electron chi connectivity index (χ1n) is 9.27. The Bertz CT molecular complexity index is 720. The maximum absolute atomic E-state index is 12.4. The van der Waals surface area contributed by atoms with Crippen LogP contribution in [0.5, 0.6) is 0 Å². The predicted octanol–water partition coefficient (Wildman–Crippen LogP) is 0.865. The first-order chi connectivity index (χ1) is 12.4. The van der Waals surface area contributed by atoms with Gasteiger partial charge in [0.05, 0.1) is 23.0 Å². The average Bonchev–Trinajstić information content (AvgIpc) is 2.96. The zero-order valence-electron chi connectivity index (χ0n) is 16.3. The van der Waals surface area contributed by atoms with Crippen molar-refractivity contribution in [3.63, 3.8) is 0 Å². The summed E-state index contributed by atoms with van der Waals surface area (Å²) in [5, 5.41) is 33.3. The molecule has 0 aromatic carbocycles. The van der Waals surface area contributed by atoms with E-state index in [1.54, 1.807) is 26.8 Å². The lowest BCUT2D eigenvalue weighted by atomic mass is 9.70. The molecule has 7 nitrogen and oxygen atoms in total. The highest BCUT2D eigenvalue weighted by atomic mass is 16.6. The lowest BCUT2D eigenvalue weighted by molar-refractivity contribution is -0.191. The Morgan fingerprint density at radius 1 is 1.30 bits per heavy atom. The molecule has 2 aliphatic carbocycles. The van der Waals surface area contributed by atoms with Gasteiger partial charge >= 0.3 is 11.9 Å². The monoisotopic (exact) mass is 380 g/mol. The molecule has 0 bridgehead atoms. The lowest BCUT2D eigenvalue weighted by Gasteiger charge is -2.44. The summed E-state index contributed by atoms with van der Waals surface area (Å²) in [6.45, 7) is 7.95. The fourth-order valence-electron chi connectivity index (χ4n) is 4.79. The van der Waals surface area contributed by atoms with Crippen LogP contribution in [0.4, 0.5) is 0 Å². The number of aliphatic hydroxyl groups is 3. The van der Waals surface area contributed by atoms with Gasteiger partial charge in [-0.1, -0.05) is 25.2 Å². The van der Waals surface area contributed by atoms with Crippen LogP contribution in [0.1, 0.15) is 41.0 Å². The quantitative estimate of drug-likeness (QED) is 0.370. The molecule has 27 heavy (non-hydrogen) atoms. The van der Waals surface area contributed by atoms with Gasteiger partial charge in [-0.05, 0) is 27.7 Å². The Morgan fingerprint density at radius 2 is 1.93 bits per heavy atom. The van der Waals surface area contributed by atoms with E-state index in [2.05, 4.69) is 0 Å². The van der Waals surface area contributed by atoms with Gasteiger partial charge in [-0.15, -0.1) is 0 Å². The molecule has 3 N–H and O–H groups in total. The second-order valence-corrected chi connectivity index (χ2v) is 8.52. The molecule has 7 heteroatoms. The van der Waals surface area contributed by atoms with Gasteiger partial charge in [-0.3, -0.25) is 4.79 Å². The van der Waals surface area contributed by atoms with Gasteiger partial charge in [-0.25, -0.2) is 4.79 Å². The summed E-state index contributed by atoms with van der Waals surface area (Å²) in [6, 6.07) is 0. The largest absolute Gasteiger partial charge is 0.461 e. The van der Waals surface area contributed by atoms with Gasteiger partial charge in [0, 0.05) is 17.9 Å². The fourth-order valence-corrected chi connectivity index (χ4v) is 4.79. The van der Waals surface area contributed by atoms with Crippen molar-refractivity contribution >= 4 is 11.9 Å². The summed E-state index contributed by atoms with van der Waals surface area (Å²) in [5.41, 5.74) is -4.64. The van der Waals surface area contributed by atoms with E-state index in [1.165, 1.54) is 26.0 Å². The van der Waals surface area contributed by atoms with Crippen molar-refractivity contribution in [1.82, 2.24) is 0 Å². The minimum absolute atomic E-state index is 0.0920. The summed E-state index contributed by atoms with van der Waals surface area (Å²) < 4.78 is 11.2. The second-order valence-electron chi connectivity index (χ2n) is 8.52. The maximum Gasteiger partial charge on any atom is 0.333 e. The zero-order valence-corrected chi connectivity index (χ0v) is 16.3. The molecule has 0 aromatic rings. The Hall–Kier alpha value is -1.70. The van der Waals surface area contributed by atoms with Gasteiger partial charge in [0.1, 0.15) is 17.8 Å². The van der Waals surface area contributed by atoms with Crippen molar-refractivity contribution in [2.75, 3.05) is 0 Å². The number of carbonyl (C=O) groups is 2. The second kappa shape index (κ2) is 6.15. The summed E-state index contributed by atoms with van der Waals surface area (Å²) in [5.74, 6) is -3.20. The van der Waals surface area contributed by atoms with Crippen LogP contribution in [0, 0.1) is 17.8 Å². The third-order valence-corrected chi connectivity index (χ3v) is 6.59. The third kappa shape index (κ3) is 2.83. The number of rotatable bonds is 2. The van der Waals surface area contributed by atoms with Crippen LogP contribution < -0.4 is 0 Å². The molecule has 1 heterocycles. The standard InChI is InChI=1S/C20H28O7/c1-6-10(2)16(21)26-12-9-19(5,24)20(25)8-7-18(4,23)15(20)14-13(12)11(3)17(22)27-14/h6-8,11-15,23-25H,9H2,1-5H3. The molecule has 0 aromatic heterocycles. The van der Waals surface area contributed by atoms with Gasteiger partial charge < -0.3 is 24.8 Å². The van der Waals surface area contributed by atoms with Crippen molar-refractivity contribution < 1.29 is 34.4 Å². The van der Waals surface area contributed by atoms with Crippen LogP contribution in [0.15, 0.2) is 23.8 Å². The van der Waals surface area contributed by atoms with E-state index in [4.69, 9.17) is 9.47 Å². The lowest BCUT2D eigenvalue weighted by Crippen LogP contribution is -2.60. The molecular weight excluding hydrogens is 352 g/mol. The van der Waals surface area contributed by atoms with Gasteiger partial charge in [0.25, 0.3) is 0 Å². The molecule has 3 rings (SSSR count). The normalized spacial score (nSPS) is 49.3. The van der Waals surface area contributed by atoms with Crippen molar-refractivity contribution in [3.8, 4) is 0 Å². The predicted molar refractivity (Wildman–Crippen MR) is 95.3 cm³/mol. The van der Waals surface area contributed by atoms with Crippen LogP contribution >= 0.6 is 0 Å². The van der Waals surface area contributed by atoms with Crippen LogP contribution in [-0.4, -0.2) is 56.3 Å². The van der Waals surface area contributed by atoms with Crippen LogP contribution in [0.25, 0.3) is 0 Å². The molecule has 3 aliphatic rings. The number of hydrogen-bond acceptors (Lipinski definition) is 7. The molecule has 0 spiro atoms. The molecule has 1 saturated heterocycles. The average molecular weight is 380 g/mol. The van der Waals surface area contributed by atoms with Gasteiger partial charge in [0.2, 0.25) is 0 Å². The highest BCUT2D eigenvalue weighted by Crippen LogP contribution is 2.55. The van der Waals surface area contributed by atoms with E-state index < -0.39 is 58.7 Å². The molecule has 2 fully saturated rings. The van der Waals surface area contributed by atoms with Crippen molar-refractivity contribution in [2.24, 2.45) is 17.8 Å². The van der Waals surface area contributed by atoms with E-state index in [9.17, 15) is 24.9 Å². The van der Waals surface area contributed by atoms with Crippen LogP contribution in [0.3, 0.4) is 0 Å². The number of esters is 2. The van der Waals surface area contributed by atoms with E-state index in [0.29, 0.717) is 5.57 Å². The van der Waals surface area contributed by atoms with Crippen molar-refractivity contribution in [3.05, 3.63) is 23.8 Å². The smallest absolute Gasteiger partial charge is 0.333 e. The summed E-state index contributed by atoms with van der Waals surface area (Å²) in [6.07, 6.45) is 2.56. The summed E-state index contributed by atoms with van der Waals surface area (Å²) in [7, 11) is 0. The first kappa shape index (κ1) is 20.0. The minimum Gasteiger partial charge on any atom is -0.461 e. The van der Waals surface area contributed by atoms with E-state index in [0.717, 1.165) is 0 Å². The fraction of sp³-hybridized carbons (Fsp3) is 0.700. The first-order valence-corrected chi connectivity index (χ1v) is 9.27. The summed E-state index contributed by atoms with van der Waals surface area (Å²) in [4.78, 5) is 24.7. The van der Waals surface area contributed by atoms with Crippen molar-refractivity contribution in [1.29, 1.82) is 0 Å². The SMILES string of the molecule is CC=C(C)C(=O)OC1CC(C)(O)C2(O)C=CC(C)(O)C2C2OC(=O)C(C)C12. The van der Waals surface area contributed by atoms with E-state index >= 15 is 0 Å². The van der Waals surface area contributed by atoms with Gasteiger partial charge in [-0.2, -0.15) is 0 Å². The molecule has 0 radical (unpaired) electrons. The van der Waals surface area contributed by atoms with Gasteiger partial charge in [0.15, 0.2) is 0 Å². The Balaban J connectivity index is 2.09. The summed E-state index contributed by atoms with van der Waals surface area (Å²) >= 11 is 0. The zero-order chi connectivity index (χ0) is 20.4. The molecule has 8 unspecified atom stereocenters. The minimum atomic E-state index is -1.83. The topological polar surface area (TPSA) is 113 Å². The number of fused-ring (bicyclic) bond motifs is 3. The number of hydrogen-bond donors (Lipinski definition) is 3. The maximum atomic E-state index is 12.4. The number of ether oxygens (including phenoxy) is 2. The molecule has 8 atom stereocenters.